The van der Waals surface area contributed by atoms with Crippen molar-refractivity contribution in [1.29, 1.82) is 0 Å². The Morgan fingerprint density at radius 1 is 1.11 bits per heavy atom. The zero-order valence-corrected chi connectivity index (χ0v) is 15.3. The zero-order valence-electron chi connectivity index (χ0n) is 14.5. The molecule has 4 amide bonds. The number of nitrogens with zero attached hydrogens (tertiary/aromatic N) is 1. The minimum absolute atomic E-state index is 0.0563. The molecule has 28 heavy (non-hydrogen) atoms. The van der Waals surface area contributed by atoms with Gasteiger partial charge in [-0.2, -0.15) is 0 Å². The van der Waals surface area contributed by atoms with E-state index in [1.165, 1.54) is 25.3 Å². The van der Waals surface area contributed by atoms with Crippen molar-refractivity contribution in [3.05, 3.63) is 52.6 Å². The first-order valence-corrected chi connectivity index (χ1v) is 8.50. The van der Waals surface area contributed by atoms with E-state index < -0.39 is 17.8 Å². The van der Waals surface area contributed by atoms with Gasteiger partial charge in [-0.15, -0.1) is 0 Å². The summed E-state index contributed by atoms with van der Waals surface area (Å²) in [5.74, 6) is -0.185. The first kappa shape index (κ1) is 17.9. The van der Waals surface area contributed by atoms with Gasteiger partial charge < -0.3 is 14.2 Å². The molecule has 0 saturated carbocycles. The van der Waals surface area contributed by atoms with Crippen molar-refractivity contribution < 1.29 is 28.6 Å². The number of benzene rings is 2. The van der Waals surface area contributed by atoms with Crippen molar-refractivity contribution in [2.45, 2.75) is 0 Å². The molecule has 142 valence electrons. The summed E-state index contributed by atoms with van der Waals surface area (Å²) < 4.78 is 15.6. The fourth-order valence-electron chi connectivity index (χ4n) is 2.86. The van der Waals surface area contributed by atoms with Gasteiger partial charge in [0.05, 0.1) is 17.8 Å². The van der Waals surface area contributed by atoms with E-state index in [-0.39, 0.29) is 18.1 Å². The SMILES string of the molecule is COc1ccc(/C=C2/C(=O)NC(=O)N(c3ccc4c(c3)OCO4)C2=O)cc1Cl. The van der Waals surface area contributed by atoms with E-state index in [1.807, 2.05) is 0 Å². The number of hydrogen-bond acceptors (Lipinski definition) is 6. The highest BCUT2D eigenvalue weighted by Crippen LogP contribution is 2.36. The topological polar surface area (TPSA) is 94.2 Å². The quantitative estimate of drug-likeness (QED) is 0.629. The fraction of sp³-hybridized carbons (Fsp3) is 0.105. The van der Waals surface area contributed by atoms with E-state index in [4.69, 9.17) is 25.8 Å². The van der Waals surface area contributed by atoms with Gasteiger partial charge >= 0.3 is 6.03 Å². The Bertz CT molecular complexity index is 1050. The van der Waals surface area contributed by atoms with Gasteiger partial charge in [0.15, 0.2) is 11.5 Å². The van der Waals surface area contributed by atoms with Crippen LogP contribution in [0, 0.1) is 0 Å². The average molecular weight is 401 g/mol. The maximum atomic E-state index is 12.9. The minimum Gasteiger partial charge on any atom is -0.495 e. The molecule has 2 heterocycles. The van der Waals surface area contributed by atoms with Gasteiger partial charge in [0.25, 0.3) is 11.8 Å². The van der Waals surface area contributed by atoms with Crippen molar-refractivity contribution in [2.24, 2.45) is 0 Å². The number of fused-ring (bicyclic) bond motifs is 1. The Morgan fingerprint density at radius 2 is 1.89 bits per heavy atom. The number of barbiturate groups is 1. The van der Waals surface area contributed by atoms with Crippen LogP contribution in [0.15, 0.2) is 42.0 Å². The van der Waals surface area contributed by atoms with E-state index >= 15 is 0 Å². The van der Waals surface area contributed by atoms with Crippen molar-refractivity contribution in [3.8, 4) is 17.2 Å². The largest absolute Gasteiger partial charge is 0.495 e. The maximum absolute atomic E-state index is 12.9. The van der Waals surface area contributed by atoms with Gasteiger partial charge in [-0.3, -0.25) is 14.9 Å². The highest BCUT2D eigenvalue weighted by molar-refractivity contribution is 6.39. The number of imide groups is 2. The molecule has 0 unspecified atom stereocenters. The second-order valence-electron chi connectivity index (χ2n) is 5.89. The third kappa shape index (κ3) is 3.03. The molecule has 0 aromatic heterocycles. The molecular weight excluding hydrogens is 388 g/mol. The highest BCUT2D eigenvalue weighted by atomic mass is 35.5. The van der Waals surface area contributed by atoms with Crippen LogP contribution in [0.2, 0.25) is 5.02 Å². The lowest BCUT2D eigenvalue weighted by Crippen LogP contribution is -2.54. The molecule has 0 spiro atoms. The second kappa shape index (κ2) is 6.90. The summed E-state index contributed by atoms with van der Waals surface area (Å²) in [5, 5.41) is 2.49. The Morgan fingerprint density at radius 3 is 2.64 bits per heavy atom. The molecule has 1 N–H and O–H groups in total. The molecule has 9 heteroatoms. The van der Waals surface area contributed by atoms with Crippen LogP contribution in [-0.4, -0.2) is 31.7 Å². The van der Waals surface area contributed by atoms with E-state index in [1.54, 1.807) is 24.3 Å². The van der Waals surface area contributed by atoms with Crippen LogP contribution in [0.5, 0.6) is 17.2 Å². The van der Waals surface area contributed by atoms with Crippen LogP contribution in [-0.2, 0) is 9.59 Å². The molecule has 2 aliphatic rings. The van der Waals surface area contributed by atoms with Crippen LogP contribution < -0.4 is 24.4 Å². The lowest BCUT2D eigenvalue weighted by Gasteiger charge is -2.26. The monoisotopic (exact) mass is 400 g/mol. The smallest absolute Gasteiger partial charge is 0.335 e. The van der Waals surface area contributed by atoms with Gasteiger partial charge in [-0.05, 0) is 35.9 Å². The van der Waals surface area contributed by atoms with E-state index in [2.05, 4.69) is 5.32 Å². The number of urea groups is 1. The molecular formula is C19H13ClN2O6. The number of carbonyl (C=O) groups excluding carboxylic acids is 3. The number of amides is 4. The highest BCUT2D eigenvalue weighted by Gasteiger charge is 2.37. The van der Waals surface area contributed by atoms with Gasteiger partial charge in [-0.1, -0.05) is 17.7 Å². The van der Waals surface area contributed by atoms with E-state index in [0.717, 1.165) is 4.90 Å². The lowest BCUT2D eigenvalue weighted by molar-refractivity contribution is -0.122. The van der Waals surface area contributed by atoms with Crippen LogP contribution in [0.4, 0.5) is 10.5 Å². The molecule has 2 aromatic rings. The number of anilines is 1. The summed E-state index contributed by atoms with van der Waals surface area (Å²) in [5.41, 5.74) is 0.542. The standard InChI is InChI=1S/C19H13ClN2O6/c1-26-14-4-2-10(7-13(14)20)6-12-17(23)21-19(25)22(18(12)24)11-3-5-15-16(8-11)28-9-27-15/h2-8H,9H2,1H3,(H,21,23,25)/b12-6-. The number of nitrogens with one attached hydrogen (secondary N) is 1. The van der Waals surface area contributed by atoms with E-state index in [9.17, 15) is 14.4 Å². The molecule has 1 fully saturated rings. The molecule has 4 rings (SSSR count). The first-order valence-electron chi connectivity index (χ1n) is 8.12. The molecule has 0 radical (unpaired) electrons. The van der Waals surface area contributed by atoms with Crippen molar-refractivity contribution in [1.82, 2.24) is 5.32 Å². The molecule has 0 bridgehead atoms. The maximum Gasteiger partial charge on any atom is 0.335 e. The van der Waals surface area contributed by atoms with Gasteiger partial charge in [0.2, 0.25) is 6.79 Å². The number of carbonyl (C=O) groups is 3. The van der Waals surface area contributed by atoms with Crippen LogP contribution in [0.3, 0.4) is 0 Å². The van der Waals surface area contributed by atoms with Gasteiger partial charge in [0.1, 0.15) is 11.3 Å². The number of halogens is 1. The Balaban J connectivity index is 1.71. The summed E-state index contributed by atoms with van der Waals surface area (Å²) in [6.07, 6.45) is 1.36. The third-order valence-electron chi connectivity index (χ3n) is 4.20. The average Bonchev–Trinajstić information content (AvgIpc) is 3.13. The predicted molar refractivity (Wildman–Crippen MR) is 99.6 cm³/mol. The fourth-order valence-corrected chi connectivity index (χ4v) is 3.12. The summed E-state index contributed by atoms with van der Waals surface area (Å²) >= 11 is 6.09. The van der Waals surface area contributed by atoms with Crippen LogP contribution in [0.1, 0.15) is 5.56 Å². The number of rotatable bonds is 3. The van der Waals surface area contributed by atoms with Crippen LogP contribution in [0.25, 0.3) is 6.08 Å². The molecule has 8 nitrogen and oxygen atoms in total. The zero-order chi connectivity index (χ0) is 19.8. The van der Waals surface area contributed by atoms with Gasteiger partial charge in [0, 0.05) is 6.07 Å². The Labute approximate surface area is 164 Å². The number of ether oxygens (including phenoxy) is 3. The van der Waals surface area contributed by atoms with Crippen LogP contribution >= 0.6 is 11.6 Å². The number of hydrogen-bond donors (Lipinski definition) is 1. The molecule has 0 atom stereocenters. The Hall–Kier alpha value is -3.52. The Kier molecular flexibility index (Phi) is 4.40. The van der Waals surface area contributed by atoms with Crippen molar-refractivity contribution in [2.75, 3.05) is 18.8 Å². The summed E-state index contributed by atoms with van der Waals surface area (Å²) in [4.78, 5) is 38.3. The summed E-state index contributed by atoms with van der Waals surface area (Å²) in [7, 11) is 1.48. The van der Waals surface area contributed by atoms with E-state index in [0.29, 0.717) is 27.8 Å². The third-order valence-corrected chi connectivity index (χ3v) is 4.50. The molecule has 2 aliphatic heterocycles. The molecule has 0 aliphatic carbocycles. The normalized spacial score (nSPS) is 17.1. The molecule has 1 saturated heterocycles. The minimum atomic E-state index is -0.848. The second-order valence-corrected chi connectivity index (χ2v) is 6.30. The lowest BCUT2D eigenvalue weighted by atomic mass is 10.1. The molecule has 2 aromatic carbocycles. The number of methoxy groups -OCH3 is 1. The van der Waals surface area contributed by atoms with Crippen molar-refractivity contribution in [3.63, 3.8) is 0 Å². The van der Waals surface area contributed by atoms with Crippen molar-refractivity contribution >= 4 is 41.2 Å². The first-order chi connectivity index (χ1) is 13.5. The summed E-state index contributed by atoms with van der Waals surface area (Å²) in [6.45, 7) is 0.0563. The summed E-state index contributed by atoms with van der Waals surface area (Å²) in [6, 6.07) is 8.57. The van der Waals surface area contributed by atoms with Gasteiger partial charge in [-0.25, -0.2) is 9.69 Å². The predicted octanol–water partition coefficient (Wildman–Crippen LogP) is 2.74.